The number of rotatable bonds is 3. The van der Waals surface area contributed by atoms with Gasteiger partial charge in [0.2, 0.25) is 0 Å². The molecule has 0 amide bonds. The highest BCUT2D eigenvalue weighted by molar-refractivity contribution is 6.39. The zero-order chi connectivity index (χ0) is 14.0. The number of carbonyl (C=O) groups excluding carboxylic acids is 1. The van der Waals surface area contributed by atoms with Crippen LogP contribution >= 0.6 is 0 Å². The van der Waals surface area contributed by atoms with Gasteiger partial charge in [-0.05, 0) is 31.0 Å². The van der Waals surface area contributed by atoms with Gasteiger partial charge in [0.1, 0.15) is 0 Å². The molecule has 0 spiro atoms. The molecule has 0 aliphatic rings. The van der Waals surface area contributed by atoms with Crippen molar-refractivity contribution in [3.8, 4) is 11.1 Å². The van der Waals surface area contributed by atoms with Crippen molar-refractivity contribution in [2.75, 3.05) is 0 Å². The van der Waals surface area contributed by atoms with Crippen molar-refractivity contribution in [3.05, 3.63) is 59.2 Å². The van der Waals surface area contributed by atoms with Crippen molar-refractivity contribution in [3.63, 3.8) is 0 Å². The molecule has 2 rings (SSSR count). The van der Waals surface area contributed by atoms with E-state index < -0.39 is 11.8 Å². The molecule has 0 aromatic heterocycles. The van der Waals surface area contributed by atoms with Gasteiger partial charge < -0.3 is 5.11 Å². The predicted molar refractivity (Wildman–Crippen MR) is 73.3 cm³/mol. The van der Waals surface area contributed by atoms with Crippen LogP contribution in [-0.4, -0.2) is 16.9 Å². The average molecular weight is 254 g/mol. The van der Waals surface area contributed by atoms with Crippen LogP contribution in [0.2, 0.25) is 0 Å². The molecule has 0 aliphatic carbocycles. The molecular weight excluding hydrogens is 240 g/mol. The third kappa shape index (κ3) is 2.88. The third-order valence-corrected chi connectivity index (χ3v) is 2.87. The van der Waals surface area contributed by atoms with Crippen molar-refractivity contribution in [2.45, 2.75) is 13.8 Å². The molecule has 1 N–H and O–H groups in total. The quantitative estimate of drug-likeness (QED) is 0.675. The van der Waals surface area contributed by atoms with E-state index >= 15 is 0 Å². The summed E-state index contributed by atoms with van der Waals surface area (Å²) in [6, 6.07) is 12.8. The van der Waals surface area contributed by atoms with Gasteiger partial charge >= 0.3 is 5.97 Å². The lowest BCUT2D eigenvalue weighted by atomic mass is 9.98. The minimum absolute atomic E-state index is 0.198. The molecule has 0 bridgehead atoms. The Labute approximate surface area is 111 Å². The number of carbonyl (C=O) groups is 2. The van der Waals surface area contributed by atoms with Crippen LogP contribution in [0.25, 0.3) is 11.1 Å². The van der Waals surface area contributed by atoms with Gasteiger partial charge in [0.25, 0.3) is 5.78 Å². The Morgan fingerprint density at radius 2 is 1.53 bits per heavy atom. The predicted octanol–water partition coefficient (Wildman–Crippen LogP) is 3.24. The van der Waals surface area contributed by atoms with Crippen molar-refractivity contribution in [1.82, 2.24) is 0 Å². The Kier molecular flexibility index (Phi) is 3.47. The number of carboxylic acid groups (broad SMARTS) is 1. The molecular formula is C16H14O3. The van der Waals surface area contributed by atoms with Crippen molar-refractivity contribution in [1.29, 1.82) is 0 Å². The maximum Gasteiger partial charge on any atom is 0.377 e. The molecule has 0 fully saturated rings. The van der Waals surface area contributed by atoms with Gasteiger partial charge in [-0.3, -0.25) is 4.79 Å². The maximum atomic E-state index is 11.5. The van der Waals surface area contributed by atoms with E-state index in [1.54, 1.807) is 12.1 Å². The van der Waals surface area contributed by atoms with E-state index in [1.807, 2.05) is 32.0 Å². The maximum absolute atomic E-state index is 11.5. The normalized spacial score (nSPS) is 10.2. The van der Waals surface area contributed by atoms with Crippen molar-refractivity contribution in [2.24, 2.45) is 0 Å². The number of Topliss-reactive ketones (excluding diaryl/α,β-unsaturated/α-hetero) is 1. The van der Waals surface area contributed by atoms with Crippen LogP contribution in [0.4, 0.5) is 0 Å². The summed E-state index contributed by atoms with van der Waals surface area (Å²) in [6.07, 6.45) is 0. The fraction of sp³-hybridized carbons (Fsp3) is 0.125. The molecule has 2 aromatic rings. The lowest BCUT2D eigenvalue weighted by molar-refractivity contribution is -0.131. The molecule has 0 aliphatic heterocycles. The van der Waals surface area contributed by atoms with Gasteiger partial charge in [-0.15, -0.1) is 0 Å². The second-order valence-electron chi connectivity index (χ2n) is 4.59. The van der Waals surface area contributed by atoms with Gasteiger partial charge in [-0.2, -0.15) is 0 Å². The SMILES string of the molecule is Cc1cc(C)cc(-c2cccc(C(=O)C(=O)O)c2)c1. The number of carboxylic acids is 1. The standard InChI is InChI=1S/C16H14O3/c1-10-6-11(2)8-14(7-10)12-4-3-5-13(9-12)15(17)16(18)19/h3-9H,1-2H3,(H,18,19). The molecule has 19 heavy (non-hydrogen) atoms. The van der Waals surface area contributed by atoms with E-state index in [4.69, 9.17) is 5.11 Å². The van der Waals surface area contributed by atoms with Gasteiger partial charge in [-0.1, -0.05) is 47.5 Å². The van der Waals surface area contributed by atoms with Gasteiger partial charge in [0.15, 0.2) is 0 Å². The van der Waals surface area contributed by atoms with Crippen LogP contribution in [0.1, 0.15) is 21.5 Å². The van der Waals surface area contributed by atoms with Crippen LogP contribution in [-0.2, 0) is 4.79 Å². The van der Waals surface area contributed by atoms with Crippen LogP contribution in [0, 0.1) is 13.8 Å². The van der Waals surface area contributed by atoms with E-state index in [-0.39, 0.29) is 5.56 Å². The molecule has 0 radical (unpaired) electrons. The number of hydrogen-bond acceptors (Lipinski definition) is 2. The van der Waals surface area contributed by atoms with Gasteiger partial charge in [0, 0.05) is 5.56 Å². The lowest BCUT2D eigenvalue weighted by Crippen LogP contribution is -2.12. The highest BCUT2D eigenvalue weighted by Crippen LogP contribution is 2.23. The summed E-state index contributed by atoms with van der Waals surface area (Å²) in [5.74, 6) is -2.32. The topological polar surface area (TPSA) is 54.4 Å². The molecule has 2 aromatic carbocycles. The monoisotopic (exact) mass is 254 g/mol. The number of ketones is 1. The smallest absolute Gasteiger partial charge is 0.377 e. The first-order valence-corrected chi connectivity index (χ1v) is 5.94. The largest absolute Gasteiger partial charge is 0.475 e. The molecule has 0 saturated heterocycles. The Hall–Kier alpha value is -2.42. The minimum atomic E-state index is -1.43. The first-order chi connectivity index (χ1) is 8.97. The third-order valence-electron chi connectivity index (χ3n) is 2.87. The molecule has 3 heteroatoms. The summed E-state index contributed by atoms with van der Waals surface area (Å²) in [5.41, 5.74) is 4.29. The Balaban J connectivity index is 2.49. The first-order valence-electron chi connectivity index (χ1n) is 5.94. The van der Waals surface area contributed by atoms with Crippen LogP contribution in [0.15, 0.2) is 42.5 Å². The summed E-state index contributed by atoms with van der Waals surface area (Å²) in [5, 5.41) is 8.74. The zero-order valence-corrected chi connectivity index (χ0v) is 10.8. The molecule has 3 nitrogen and oxygen atoms in total. The van der Waals surface area contributed by atoms with Gasteiger partial charge in [0.05, 0.1) is 0 Å². The average Bonchev–Trinajstić information content (AvgIpc) is 2.36. The Bertz CT molecular complexity index is 637. The highest BCUT2D eigenvalue weighted by atomic mass is 16.4. The number of aliphatic carboxylic acids is 1. The summed E-state index contributed by atoms with van der Waals surface area (Å²) in [6.45, 7) is 4.01. The molecule has 0 unspecified atom stereocenters. The molecule has 96 valence electrons. The molecule has 0 atom stereocenters. The zero-order valence-electron chi connectivity index (χ0n) is 10.8. The van der Waals surface area contributed by atoms with E-state index in [0.29, 0.717) is 0 Å². The Morgan fingerprint density at radius 3 is 2.11 bits per heavy atom. The van der Waals surface area contributed by atoms with E-state index in [2.05, 4.69) is 6.07 Å². The second-order valence-corrected chi connectivity index (χ2v) is 4.59. The van der Waals surface area contributed by atoms with Crippen LogP contribution in [0.5, 0.6) is 0 Å². The van der Waals surface area contributed by atoms with E-state index in [9.17, 15) is 9.59 Å². The summed E-state index contributed by atoms with van der Waals surface area (Å²) >= 11 is 0. The number of benzene rings is 2. The lowest BCUT2D eigenvalue weighted by Gasteiger charge is -2.06. The number of hydrogen-bond donors (Lipinski definition) is 1. The van der Waals surface area contributed by atoms with Crippen LogP contribution < -0.4 is 0 Å². The van der Waals surface area contributed by atoms with E-state index in [1.165, 1.54) is 6.07 Å². The summed E-state index contributed by atoms with van der Waals surface area (Å²) in [4.78, 5) is 22.2. The molecule has 0 heterocycles. The highest BCUT2D eigenvalue weighted by Gasteiger charge is 2.14. The summed E-state index contributed by atoms with van der Waals surface area (Å²) < 4.78 is 0. The summed E-state index contributed by atoms with van der Waals surface area (Å²) in [7, 11) is 0. The Morgan fingerprint density at radius 1 is 0.895 bits per heavy atom. The fourth-order valence-corrected chi connectivity index (χ4v) is 2.10. The van der Waals surface area contributed by atoms with E-state index in [0.717, 1.165) is 22.3 Å². The first kappa shape index (κ1) is 13.0. The van der Waals surface area contributed by atoms with Crippen LogP contribution in [0.3, 0.4) is 0 Å². The second kappa shape index (κ2) is 5.06. The van der Waals surface area contributed by atoms with Gasteiger partial charge in [-0.25, -0.2) is 4.79 Å². The fourth-order valence-electron chi connectivity index (χ4n) is 2.10. The minimum Gasteiger partial charge on any atom is -0.475 e. The van der Waals surface area contributed by atoms with Crippen molar-refractivity contribution < 1.29 is 14.7 Å². The van der Waals surface area contributed by atoms with Crippen molar-refractivity contribution >= 4 is 11.8 Å². The number of aryl methyl sites for hydroxylation is 2. The molecule has 0 saturated carbocycles.